The van der Waals surface area contributed by atoms with Gasteiger partial charge in [-0.3, -0.25) is 0 Å². The monoisotopic (exact) mass is 254 g/mol. The average molecular weight is 254 g/mol. The van der Waals surface area contributed by atoms with Gasteiger partial charge in [0.25, 0.3) is 0 Å². The minimum atomic E-state index is -0.377. The molecule has 0 radical (unpaired) electrons. The van der Waals surface area contributed by atoms with Crippen molar-refractivity contribution in [3.05, 3.63) is 53.3 Å². The summed E-state index contributed by atoms with van der Waals surface area (Å²) in [7, 11) is 0. The predicted octanol–water partition coefficient (Wildman–Crippen LogP) is 4.17. The van der Waals surface area contributed by atoms with Crippen molar-refractivity contribution in [1.82, 2.24) is 4.98 Å². The highest BCUT2D eigenvalue weighted by Gasteiger charge is 2.07. The Morgan fingerprint density at radius 1 is 1.00 bits per heavy atom. The van der Waals surface area contributed by atoms with Gasteiger partial charge in [0.1, 0.15) is 5.82 Å². The lowest BCUT2D eigenvalue weighted by Crippen LogP contribution is -1.89. The summed E-state index contributed by atoms with van der Waals surface area (Å²) >= 11 is 0. The number of nitrogen functional groups attached to an aromatic ring is 1. The summed E-state index contributed by atoms with van der Waals surface area (Å²) in [6.45, 7) is 4.17. The summed E-state index contributed by atoms with van der Waals surface area (Å²) in [5.41, 5.74) is 11.2. The molecule has 2 nitrogen and oxygen atoms in total. The number of H-pyrrole nitrogens is 1. The van der Waals surface area contributed by atoms with E-state index in [1.165, 1.54) is 17.2 Å². The van der Waals surface area contributed by atoms with E-state index in [-0.39, 0.29) is 11.5 Å². The number of benzene rings is 2. The lowest BCUT2D eigenvalue weighted by molar-refractivity contribution is 0.634. The van der Waals surface area contributed by atoms with E-state index in [1.54, 1.807) is 6.07 Å². The van der Waals surface area contributed by atoms with E-state index < -0.39 is 0 Å². The van der Waals surface area contributed by atoms with Gasteiger partial charge < -0.3 is 10.7 Å². The van der Waals surface area contributed by atoms with E-state index in [1.807, 2.05) is 6.07 Å². The summed E-state index contributed by atoms with van der Waals surface area (Å²) in [5.74, 6) is -0.377. The third-order valence-electron chi connectivity index (χ3n) is 3.56. The van der Waals surface area contributed by atoms with Gasteiger partial charge in [0.2, 0.25) is 0 Å². The summed E-state index contributed by atoms with van der Waals surface area (Å²) in [6.07, 6.45) is 0. The minimum absolute atomic E-state index is 0.168. The Hall–Kier alpha value is -2.29. The molecule has 3 heteroatoms. The quantitative estimate of drug-likeness (QED) is 0.629. The molecule has 3 rings (SSSR count). The number of fused-ring (bicyclic) bond motifs is 1. The largest absolute Gasteiger partial charge is 0.396 e. The number of aromatic amines is 1. The van der Waals surface area contributed by atoms with Crippen LogP contribution in [0, 0.1) is 19.7 Å². The first-order valence-electron chi connectivity index (χ1n) is 6.20. The van der Waals surface area contributed by atoms with Crippen LogP contribution in [0.15, 0.2) is 36.4 Å². The van der Waals surface area contributed by atoms with E-state index in [4.69, 9.17) is 5.73 Å². The van der Waals surface area contributed by atoms with Crippen molar-refractivity contribution in [3.8, 4) is 11.3 Å². The van der Waals surface area contributed by atoms with Gasteiger partial charge in [0.05, 0.1) is 5.69 Å². The molecule has 0 aliphatic rings. The summed E-state index contributed by atoms with van der Waals surface area (Å²) in [5, 5.41) is 0.833. The number of rotatable bonds is 1. The fraction of sp³-hybridized carbons (Fsp3) is 0.125. The molecule has 0 unspecified atom stereocenters. The van der Waals surface area contributed by atoms with Crippen molar-refractivity contribution in [2.24, 2.45) is 0 Å². The van der Waals surface area contributed by atoms with Crippen molar-refractivity contribution in [1.29, 1.82) is 0 Å². The standard InChI is InChI=1S/C16H15FN2/c1-9-3-4-11(5-10(9)2)15-7-12-6-13(17)14(18)8-16(12)19-15/h3-8,19H,18H2,1-2H3. The van der Waals surface area contributed by atoms with Crippen LogP contribution in [0.2, 0.25) is 0 Å². The maximum absolute atomic E-state index is 13.4. The van der Waals surface area contributed by atoms with Crippen LogP contribution in [0.5, 0.6) is 0 Å². The van der Waals surface area contributed by atoms with E-state index in [9.17, 15) is 4.39 Å². The smallest absolute Gasteiger partial charge is 0.146 e. The number of aryl methyl sites for hydroxylation is 2. The molecule has 2 aromatic carbocycles. The van der Waals surface area contributed by atoms with Gasteiger partial charge in [-0.25, -0.2) is 4.39 Å². The first kappa shape index (κ1) is 11.8. The normalized spacial score (nSPS) is 11.1. The van der Waals surface area contributed by atoms with Crippen molar-refractivity contribution in [3.63, 3.8) is 0 Å². The maximum Gasteiger partial charge on any atom is 0.146 e. The Bertz CT molecular complexity index is 733. The number of aromatic nitrogens is 1. The molecule has 0 saturated carbocycles. The molecule has 3 aromatic rings. The van der Waals surface area contributed by atoms with E-state index in [0.717, 1.165) is 22.2 Å². The van der Waals surface area contributed by atoms with Crippen molar-refractivity contribution in [2.75, 3.05) is 5.73 Å². The number of anilines is 1. The second-order valence-corrected chi connectivity index (χ2v) is 4.94. The molecule has 0 aliphatic carbocycles. The Morgan fingerprint density at radius 2 is 1.79 bits per heavy atom. The molecule has 0 saturated heterocycles. The first-order valence-corrected chi connectivity index (χ1v) is 6.20. The molecule has 0 amide bonds. The Balaban J connectivity index is 2.17. The SMILES string of the molecule is Cc1ccc(-c2cc3cc(F)c(N)cc3[nH]2)cc1C. The lowest BCUT2D eigenvalue weighted by atomic mass is 10.0. The summed E-state index contributed by atoms with van der Waals surface area (Å²) in [4.78, 5) is 3.28. The maximum atomic E-state index is 13.4. The molecular weight excluding hydrogens is 239 g/mol. The third kappa shape index (κ3) is 1.97. The highest BCUT2D eigenvalue weighted by molar-refractivity contribution is 5.88. The van der Waals surface area contributed by atoms with Crippen LogP contribution < -0.4 is 5.73 Å². The van der Waals surface area contributed by atoms with Gasteiger partial charge in [-0.1, -0.05) is 12.1 Å². The van der Waals surface area contributed by atoms with Gasteiger partial charge >= 0.3 is 0 Å². The van der Waals surface area contributed by atoms with Crippen LogP contribution in [0.4, 0.5) is 10.1 Å². The summed E-state index contributed by atoms with van der Waals surface area (Å²) < 4.78 is 13.4. The van der Waals surface area contributed by atoms with Gasteiger partial charge in [-0.15, -0.1) is 0 Å². The molecule has 1 aromatic heterocycles. The second kappa shape index (κ2) is 4.12. The third-order valence-corrected chi connectivity index (χ3v) is 3.56. The van der Waals surface area contributed by atoms with Gasteiger partial charge in [0.15, 0.2) is 0 Å². The average Bonchev–Trinajstić information content (AvgIpc) is 2.76. The van der Waals surface area contributed by atoms with Crippen LogP contribution in [-0.4, -0.2) is 4.98 Å². The molecule has 0 bridgehead atoms. The minimum Gasteiger partial charge on any atom is -0.396 e. The molecule has 0 fully saturated rings. The van der Waals surface area contributed by atoms with E-state index in [2.05, 4.69) is 37.0 Å². The van der Waals surface area contributed by atoms with Gasteiger partial charge in [-0.2, -0.15) is 0 Å². The Kier molecular flexibility index (Phi) is 2.56. The molecule has 3 N–H and O–H groups in total. The lowest BCUT2D eigenvalue weighted by Gasteiger charge is -2.03. The molecule has 1 heterocycles. The topological polar surface area (TPSA) is 41.8 Å². The van der Waals surface area contributed by atoms with Crippen LogP contribution in [0.25, 0.3) is 22.2 Å². The number of nitrogens with one attached hydrogen (secondary N) is 1. The van der Waals surface area contributed by atoms with Gasteiger partial charge in [0, 0.05) is 16.6 Å². The fourth-order valence-electron chi connectivity index (χ4n) is 2.23. The highest BCUT2D eigenvalue weighted by atomic mass is 19.1. The first-order chi connectivity index (χ1) is 9.04. The molecule has 96 valence electrons. The number of hydrogen-bond donors (Lipinski definition) is 2. The molecular formula is C16H15FN2. The van der Waals surface area contributed by atoms with Crippen LogP contribution in [-0.2, 0) is 0 Å². The molecule has 0 aliphatic heterocycles. The van der Waals surface area contributed by atoms with Crippen molar-refractivity contribution in [2.45, 2.75) is 13.8 Å². The molecule has 19 heavy (non-hydrogen) atoms. The zero-order valence-corrected chi connectivity index (χ0v) is 10.9. The van der Waals surface area contributed by atoms with E-state index in [0.29, 0.717) is 0 Å². The zero-order chi connectivity index (χ0) is 13.6. The fourth-order valence-corrected chi connectivity index (χ4v) is 2.23. The Labute approximate surface area is 111 Å². The Morgan fingerprint density at radius 3 is 2.53 bits per heavy atom. The number of nitrogens with two attached hydrogens (primary N) is 1. The van der Waals surface area contributed by atoms with E-state index >= 15 is 0 Å². The molecule has 0 spiro atoms. The van der Waals surface area contributed by atoms with Crippen LogP contribution in [0.1, 0.15) is 11.1 Å². The molecule has 0 atom stereocenters. The van der Waals surface area contributed by atoms with Crippen LogP contribution >= 0.6 is 0 Å². The summed E-state index contributed by atoms with van der Waals surface area (Å²) in [6, 6.07) is 11.3. The zero-order valence-electron chi connectivity index (χ0n) is 10.9. The predicted molar refractivity (Wildman–Crippen MR) is 77.6 cm³/mol. The number of halogens is 1. The number of hydrogen-bond acceptors (Lipinski definition) is 1. The second-order valence-electron chi connectivity index (χ2n) is 4.94. The van der Waals surface area contributed by atoms with Crippen molar-refractivity contribution < 1.29 is 4.39 Å². The highest BCUT2D eigenvalue weighted by Crippen LogP contribution is 2.28. The van der Waals surface area contributed by atoms with Crippen LogP contribution in [0.3, 0.4) is 0 Å². The van der Waals surface area contributed by atoms with Crippen molar-refractivity contribution >= 4 is 16.6 Å². The van der Waals surface area contributed by atoms with Gasteiger partial charge in [-0.05, 0) is 54.8 Å².